The van der Waals surface area contributed by atoms with Crippen LogP contribution in [-0.2, 0) is 38.8 Å². The molecule has 0 bridgehead atoms. The Morgan fingerprint density at radius 3 is 1.71 bits per heavy atom. The van der Waals surface area contributed by atoms with Crippen LogP contribution in [-0.4, -0.2) is 42.2 Å². The van der Waals surface area contributed by atoms with Crippen LogP contribution in [0.15, 0.2) is 104 Å². The molecule has 1 aliphatic heterocycles. The molecule has 3 aromatic rings. The average molecular weight is 461 g/mol. The first kappa shape index (κ1) is 24.3. The molecule has 1 heterocycles. The summed E-state index contributed by atoms with van der Waals surface area (Å²) in [6.07, 6.45) is -1.07. The van der Waals surface area contributed by atoms with Gasteiger partial charge in [0.25, 0.3) is 0 Å². The topological polar surface area (TPSA) is 57.2 Å². The maximum atomic E-state index is 11.0. The molecule has 0 radical (unpaired) electrons. The molecule has 0 saturated carbocycles. The third-order valence-electron chi connectivity index (χ3n) is 5.87. The summed E-state index contributed by atoms with van der Waals surface area (Å²) in [6.45, 7) is 5.26. The summed E-state index contributed by atoms with van der Waals surface area (Å²) >= 11 is 0. The van der Waals surface area contributed by atoms with E-state index >= 15 is 0 Å². The molecule has 1 saturated heterocycles. The Morgan fingerprint density at radius 1 is 0.735 bits per heavy atom. The third kappa shape index (κ3) is 6.63. The molecule has 1 N–H and O–H groups in total. The second kappa shape index (κ2) is 12.6. The molecule has 3 aromatic carbocycles. The highest BCUT2D eigenvalue weighted by Crippen LogP contribution is 2.31. The van der Waals surface area contributed by atoms with Crippen LogP contribution in [0.1, 0.15) is 16.7 Å². The van der Waals surface area contributed by atoms with E-state index in [4.69, 9.17) is 18.9 Å². The minimum Gasteiger partial charge on any atom is -0.388 e. The van der Waals surface area contributed by atoms with Gasteiger partial charge in [0.2, 0.25) is 0 Å². The van der Waals surface area contributed by atoms with E-state index in [1.54, 1.807) is 6.08 Å². The normalized spacial score (nSPS) is 23.0. The molecule has 1 fully saturated rings. The van der Waals surface area contributed by atoms with Crippen LogP contribution < -0.4 is 0 Å². The Labute approximate surface area is 201 Å². The quantitative estimate of drug-likeness (QED) is 0.398. The molecule has 5 nitrogen and oxygen atoms in total. The zero-order chi connectivity index (χ0) is 23.6. The zero-order valence-electron chi connectivity index (χ0n) is 19.2. The molecular weight excluding hydrogens is 428 g/mol. The van der Waals surface area contributed by atoms with Crippen LogP contribution in [0, 0.1) is 0 Å². The molecule has 0 unspecified atom stereocenters. The lowest BCUT2D eigenvalue weighted by molar-refractivity contribution is -0.115. The number of hydrogen-bond acceptors (Lipinski definition) is 5. The molecule has 1 aliphatic rings. The predicted molar refractivity (Wildman–Crippen MR) is 131 cm³/mol. The standard InChI is InChI=1S/C29H32O5/c1-2-26-28(32-19-23-14-8-4-9-15-23)29(33-20-24-16-10-5-11-17-24)27(34-26)25(30)21-31-18-22-12-6-3-7-13-22/h2-17,25-30H,1,18-21H2/t25-,26+,27+,28+,29+/m1/s1. The summed E-state index contributed by atoms with van der Waals surface area (Å²) < 4.78 is 24.5. The van der Waals surface area contributed by atoms with Crippen molar-refractivity contribution in [3.63, 3.8) is 0 Å². The number of hydrogen-bond donors (Lipinski definition) is 1. The number of aliphatic hydroxyl groups excluding tert-OH is 1. The Bertz CT molecular complexity index is 979. The first-order valence-corrected chi connectivity index (χ1v) is 11.6. The van der Waals surface area contributed by atoms with Crippen molar-refractivity contribution >= 4 is 0 Å². The fraction of sp³-hybridized carbons (Fsp3) is 0.310. The monoisotopic (exact) mass is 460 g/mol. The Hall–Kier alpha value is -2.80. The predicted octanol–water partition coefficient (Wildman–Crippen LogP) is 4.69. The number of benzene rings is 3. The minimum atomic E-state index is -0.878. The molecule has 0 aliphatic carbocycles. The van der Waals surface area contributed by atoms with Gasteiger partial charge in [0.15, 0.2) is 0 Å². The molecule has 5 atom stereocenters. The molecule has 4 rings (SSSR count). The summed E-state index contributed by atoms with van der Waals surface area (Å²) in [7, 11) is 0. The van der Waals surface area contributed by atoms with Gasteiger partial charge in [-0.2, -0.15) is 0 Å². The lowest BCUT2D eigenvalue weighted by Crippen LogP contribution is -2.43. The van der Waals surface area contributed by atoms with Gasteiger partial charge in [-0.05, 0) is 16.7 Å². The van der Waals surface area contributed by atoms with Crippen molar-refractivity contribution in [1.29, 1.82) is 0 Å². The third-order valence-corrected chi connectivity index (χ3v) is 5.87. The zero-order valence-corrected chi connectivity index (χ0v) is 19.2. The summed E-state index contributed by atoms with van der Waals surface area (Å²) in [5, 5.41) is 11.0. The van der Waals surface area contributed by atoms with Gasteiger partial charge in [-0.1, -0.05) is 97.1 Å². The van der Waals surface area contributed by atoms with E-state index in [2.05, 4.69) is 6.58 Å². The van der Waals surface area contributed by atoms with E-state index in [1.165, 1.54) is 0 Å². The van der Waals surface area contributed by atoms with Crippen LogP contribution >= 0.6 is 0 Å². The molecule has 0 amide bonds. The van der Waals surface area contributed by atoms with Gasteiger partial charge in [-0.3, -0.25) is 0 Å². The van der Waals surface area contributed by atoms with Gasteiger partial charge >= 0.3 is 0 Å². The Kier molecular flexibility index (Phi) is 9.02. The van der Waals surface area contributed by atoms with E-state index in [9.17, 15) is 5.11 Å². The SMILES string of the molecule is C=C[C@@H]1O[C@@H]([C@H](O)COCc2ccccc2)[C@H](OCc2ccccc2)[C@H]1OCc1ccccc1. The average Bonchev–Trinajstić information content (AvgIpc) is 3.25. The van der Waals surface area contributed by atoms with Gasteiger partial charge < -0.3 is 24.1 Å². The van der Waals surface area contributed by atoms with Crippen molar-refractivity contribution in [1.82, 2.24) is 0 Å². The molecule has 0 aromatic heterocycles. The van der Waals surface area contributed by atoms with E-state index < -0.39 is 30.5 Å². The highest BCUT2D eigenvalue weighted by Gasteiger charge is 2.48. The maximum Gasteiger partial charge on any atom is 0.116 e. The van der Waals surface area contributed by atoms with Crippen molar-refractivity contribution in [2.45, 2.75) is 50.3 Å². The van der Waals surface area contributed by atoms with Crippen molar-refractivity contribution in [3.8, 4) is 0 Å². The van der Waals surface area contributed by atoms with Crippen LogP contribution in [0.25, 0.3) is 0 Å². The van der Waals surface area contributed by atoms with Gasteiger partial charge in [-0.25, -0.2) is 0 Å². The van der Waals surface area contributed by atoms with E-state index in [0.29, 0.717) is 19.8 Å². The van der Waals surface area contributed by atoms with E-state index in [1.807, 2.05) is 91.0 Å². The van der Waals surface area contributed by atoms with Crippen molar-refractivity contribution in [2.24, 2.45) is 0 Å². The highest BCUT2D eigenvalue weighted by molar-refractivity contribution is 5.16. The molecule has 34 heavy (non-hydrogen) atoms. The maximum absolute atomic E-state index is 11.0. The molecule has 5 heteroatoms. The van der Waals surface area contributed by atoms with E-state index in [-0.39, 0.29) is 6.61 Å². The lowest BCUT2D eigenvalue weighted by atomic mass is 10.0. The molecule has 0 spiro atoms. The first-order valence-electron chi connectivity index (χ1n) is 11.6. The fourth-order valence-corrected chi connectivity index (χ4v) is 4.09. The first-order chi connectivity index (χ1) is 16.7. The van der Waals surface area contributed by atoms with Crippen molar-refractivity contribution in [2.75, 3.05) is 6.61 Å². The largest absolute Gasteiger partial charge is 0.388 e. The van der Waals surface area contributed by atoms with Crippen molar-refractivity contribution in [3.05, 3.63) is 120 Å². The number of aliphatic hydroxyl groups is 1. The van der Waals surface area contributed by atoms with Crippen LogP contribution in [0.5, 0.6) is 0 Å². The second-order valence-corrected chi connectivity index (χ2v) is 8.39. The van der Waals surface area contributed by atoms with Gasteiger partial charge in [0, 0.05) is 0 Å². The van der Waals surface area contributed by atoms with Crippen LogP contribution in [0.2, 0.25) is 0 Å². The summed E-state index contributed by atoms with van der Waals surface area (Å²) in [6, 6.07) is 29.8. The van der Waals surface area contributed by atoms with Gasteiger partial charge in [0.05, 0.1) is 26.4 Å². The Morgan fingerprint density at radius 2 is 1.21 bits per heavy atom. The number of rotatable bonds is 12. The van der Waals surface area contributed by atoms with Crippen molar-refractivity contribution < 1.29 is 24.1 Å². The van der Waals surface area contributed by atoms with Gasteiger partial charge in [0.1, 0.15) is 30.5 Å². The summed E-state index contributed by atoms with van der Waals surface area (Å²) in [5.74, 6) is 0. The smallest absolute Gasteiger partial charge is 0.116 e. The fourth-order valence-electron chi connectivity index (χ4n) is 4.09. The minimum absolute atomic E-state index is 0.125. The van der Waals surface area contributed by atoms with Gasteiger partial charge in [-0.15, -0.1) is 6.58 Å². The summed E-state index contributed by atoms with van der Waals surface area (Å²) in [5.41, 5.74) is 3.15. The lowest BCUT2D eigenvalue weighted by Gasteiger charge is -2.27. The Balaban J connectivity index is 1.43. The van der Waals surface area contributed by atoms with Crippen LogP contribution in [0.4, 0.5) is 0 Å². The number of ether oxygens (including phenoxy) is 4. The van der Waals surface area contributed by atoms with E-state index in [0.717, 1.165) is 16.7 Å². The molecule has 178 valence electrons. The summed E-state index contributed by atoms with van der Waals surface area (Å²) in [4.78, 5) is 0. The molecular formula is C29H32O5. The van der Waals surface area contributed by atoms with Crippen LogP contribution in [0.3, 0.4) is 0 Å². The highest BCUT2D eigenvalue weighted by atomic mass is 16.6. The second-order valence-electron chi connectivity index (χ2n) is 8.39.